The molecule has 0 radical (unpaired) electrons. The third-order valence-corrected chi connectivity index (χ3v) is 9.52. The fraction of sp³-hybridized carbons (Fsp3) is 0.314. The molecule has 0 aromatic heterocycles. The molecule has 0 N–H and O–H groups in total. The van der Waals surface area contributed by atoms with Crippen LogP contribution in [0.3, 0.4) is 0 Å². The van der Waals surface area contributed by atoms with E-state index in [9.17, 15) is 0 Å². The molecule has 4 rings (SSSR count). The first kappa shape index (κ1) is 28.1. The van der Waals surface area contributed by atoms with Crippen molar-refractivity contribution < 1.29 is 9.13 Å². The van der Waals surface area contributed by atoms with Crippen LogP contribution in [-0.2, 0) is 18.0 Å². The Morgan fingerprint density at radius 3 is 1.97 bits per heavy atom. The van der Waals surface area contributed by atoms with Crippen molar-refractivity contribution in [2.75, 3.05) is 7.11 Å². The number of ether oxygens (including phenoxy) is 1. The van der Waals surface area contributed by atoms with Crippen LogP contribution in [0.2, 0.25) is 0 Å². The fourth-order valence-electron chi connectivity index (χ4n) is 5.45. The van der Waals surface area contributed by atoms with Crippen LogP contribution >= 0.6 is 8.58 Å². The van der Waals surface area contributed by atoms with E-state index in [1.54, 1.807) is 19.2 Å². The van der Waals surface area contributed by atoms with Gasteiger partial charge in [-0.2, -0.15) is 0 Å². The minimum atomic E-state index is -0.194. The van der Waals surface area contributed by atoms with Gasteiger partial charge in [0, 0.05) is 22.4 Å². The standard InChI is InChI=1S/C35H40FOP/c1-4-6-15-22-35(5-2,38-33-21-14-13-20-32(33)36)31-26-29(23-27-16-9-7-10-17-27)25-30(34(31)37-3)24-28-18-11-8-12-19-28/h7-14,16-21,25-26,38H,4-6,15,22-24H2,1-3H3. The van der Waals surface area contributed by atoms with E-state index in [0.29, 0.717) is 8.58 Å². The highest BCUT2D eigenvalue weighted by Crippen LogP contribution is 2.52. The van der Waals surface area contributed by atoms with Gasteiger partial charge in [0.1, 0.15) is 11.6 Å². The van der Waals surface area contributed by atoms with E-state index >= 15 is 4.39 Å². The molecule has 0 saturated heterocycles. The molecular formula is C35H40FOP. The van der Waals surface area contributed by atoms with E-state index in [0.717, 1.165) is 49.6 Å². The summed E-state index contributed by atoms with van der Waals surface area (Å²) >= 11 is 0. The summed E-state index contributed by atoms with van der Waals surface area (Å²) in [6.07, 6.45) is 7.05. The molecule has 0 amide bonds. The molecule has 0 fully saturated rings. The molecule has 2 atom stereocenters. The average Bonchev–Trinajstić information content (AvgIpc) is 2.95. The second kappa shape index (κ2) is 13.7. The molecule has 38 heavy (non-hydrogen) atoms. The largest absolute Gasteiger partial charge is 0.496 e. The predicted octanol–water partition coefficient (Wildman–Crippen LogP) is 9.21. The Kier molecular flexibility index (Phi) is 10.1. The molecule has 1 nitrogen and oxygen atoms in total. The summed E-state index contributed by atoms with van der Waals surface area (Å²) in [5, 5.41) is 0.617. The lowest BCUT2D eigenvalue weighted by molar-refractivity contribution is 0.390. The van der Waals surface area contributed by atoms with Gasteiger partial charge in [-0.05, 0) is 47.6 Å². The van der Waals surface area contributed by atoms with Gasteiger partial charge in [0.15, 0.2) is 0 Å². The van der Waals surface area contributed by atoms with Crippen molar-refractivity contribution in [1.29, 1.82) is 0 Å². The zero-order valence-corrected chi connectivity index (χ0v) is 24.0. The lowest BCUT2D eigenvalue weighted by atomic mass is 9.84. The van der Waals surface area contributed by atoms with Gasteiger partial charge in [0.2, 0.25) is 0 Å². The Balaban J connectivity index is 1.88. The Morgan fingerprint density at radius 2 is 1.37 bits per heavy atom. The van der Waals surface area contributed by atoms with Crippen LogP contribution in [-0.4, -0.2) is 7.11 Å². The molecule has 4 aromatic rings. The Labute approximate surface area is 230 Å². The van der Waals surface area contributed by atoms with Gasteiger partial charge in [0.25, 0.3) is 0 Å². The summed E-state index contributed by atoms with van der Waals surface area (Å²) < 4.78 is 21.3. The van der Waals surface area contributed by atoms with Crippen molar-refractivity contribution in [1.82, 2.24) is 0 Å². The molecule has 198 valence electrons. The van der Waals surface area contributed by atoms with E-state index in [1.807, 2.05) is 12.1 Å². The van der Waals surface area contributed by atoms with E-state index in [-0.39, 0.29) is 11.0 Å². The number of hydrogen-bond donors (Lipinski definition) is 0. The maximum absolute atomic E-state index is 15.1. The van der Waals surface area contributed by atoms with Crippen LogP contribution < -0.4 is 10.0 Å². The van der Waals surface area contributed by atoms with Crippen molar-refractivity contribution in [3.63, 3.8) is 0 Å². The second-order valence-electron chi connectivity index (χ2n) is 10.2. The molecule has 0 aliphatic rings. The predicted molar refractivity (Wildman–Crippen MR) is 162 cm³/mol. The SMILES string of the molecule is CCCCCC(CC)(Pc1ccccc1F)c1cc(Cc2ccccc2)cc(Cc2ccccc2)c1OC. The summed E-state index contributed by atoms with van der Waals surface area (Å²) in [5.41, 5.74) is 6.27. The highest BCUT2D eigenvalue weighted by molar-refractivity contribution is 7.48. The Morgan fingerprint density at radius 1 is 0.737 bits per heavy atom. The average molecular weight is 527 g/mol. The van der Waals surface area contributed by atoms with Gasteiger partial charge in [-0.15, -0.1) is 0 Å². The maximum Gasteiger partial charge on any atom is 0.130 e. The van der Waals surface area contributed by atoms with E-state index < -0.39 is 0 Å². The Hall–Kier alpha value is -2.96. The van der Waals surface area contributed by atoms with Crippen molar-refractivity contribution in [2.24, 2.45) is 0 Å². The first-order valence-corrected chi connectivity index (χ1v) is 14.9. The number of rotatable bonds is 13. The lowest BCUT2D eigenvalue weighted by Crippen LogP contribution is -2.25. The minimum Gasteiger partial charge on any atom is -0.496 e. The zero-order valence-electron chi connectivity index (χ0n) is 23.0. The maximum atomic E-state index is 15.1. The lowest BCUT2D eigenvalue weighted by Gasteiger charge is -2.36. The highest BCUT2D eigenvalue weighted by atomic mass is 31.1. The molecular weight excluding hydrogens is 486 g/mol. The second-order valence-corrected chi connectivity index (χ2v) is 11.9. The molecule has 3 heteroatoms. The zero-order chi connectivity index (χ0) is 26.8. The normalized spacial score (nSPS) is 13.1. The summed E-state index contributed by atoms with van der Waals surface area (Å²) in [5.74, 6) is 0.857. The van der Waals surface area contributed by atoms with E-state index in [1.165, 1.54) is 34.2 Å². The highest BCUT2D eigenvalue weighted by Gasteiger charge is 2.35. The number of hydrogen-bond acceptors (Lipinski definition) is 1. The minimum absolute atomic E-state index is 0.108. The molecule has 0 aliphatic carbocycles. The van der Waals surface area contributed by atoms with Gasteiger partial charge in [-0.1, -0.05) is 133 Å². The smallest absolute Gasteiger partial charge is 0.130 e. The number of unbranched alkanes of at least 4 members (excludes halogenated alkanes) is 2. The molecule has 0 heterocycles. The third-order valence-electron chi connectivity index (χ3n) is 7.49. The van der Waals surface area contributed by atoms with Gasteiger partial charge < -0.3 is 4.74 Å². The van der Waals surface area contributed by atoms with Crippen LogP contribution in [0.4, 0.5) is 4.39 Å². The van der Waals surface area contributed by atoms with Gasteiger partial charge in [-0.3, -0.25) is 0 Å². The summed E-state index contributed by atoms with van der Waals surface area (Å²) in [6.45, 7) is 4.51. The summed E-state index contributed by atoms with van der Waals surface area (Å²) in [6, 6.07) is 33.2. The van der Waals surface area contributed by atoms with Crippen molar-refractivity contribution in [2.45, 2.75) is 63.9 Å². The molecule has 4 aromatic carbocycles. The van der Waals surface area contributed by atoms with Crippen molar-refractivity contribution >= 4 is 13.9 Å². The van der Waals surface area contributed by atoms with Crippen molar-refractivity contribution in [3.8, 4) is 5.75 Å². The monoisotopic (exact) mass is 526 g/mol. The fourth-order valence-corrected chi connectivity index (χ4v) is 7.15. The number of benzene rings is 4. The topological polar surface area (TPSA) is 9.23 Å². The molecule has 0 aliphatic heterocycles. The molecule has 0 spiro atoms. The van der Waals surface area contributed by atoms with Gasteiger partial charge in [-0.25, -0.2) is 4.39 Å². The van der Waals surface area contributed by atoms with Crippen molar-refractivity contribution in [3.05, 3.63) is 131 Å². The first-order valence-electron chi connectivity index (χ1n) is 13.9. The van der Waals surface area contributed by atoms with Crippen LogP contribution in [0.5, 0.6) is 5.75 Å². The summed E-state index contributed by atoms with van der Waals surface area (Å²) in [7, 11) is 2.12. The molecule has 0 bridgehead atoms. The van der Waals surface area contributed by atoms with Crippen LogP contribution in [0, 0.1) is 5.82 Å². The van der Waals surface area contributed by atoms with Crippen LogP contribution in [0.15, 0.2) is 97.1 Å². The van der Waals surface area contributed by atoms with E-state index in [2.05, 4.69) is 86.6 Å². The molecule has 0 saturated carbocycles. The summed E-state index contributed by atoms with van der Waals surface area (Å²) in [4.78, 5) is 0. The third kappa shape index (κ3) is 6.91. The van der Waals surface area contributed by atoms with E-state index in [4.69, 9.17) is 4.74 Å². The van der Waals surface area contributed by atoms with Crippen LogP contribution in [0.25, 0.3) is 0 Å². The Bertz CT molecular complexity index is 1290. The number of halogens is 1. The van der Waals surface area contributed by atoms with Gasteiger partial charge in [0.05, 0.1) is 7.11 Å². The number of methoxy groups -OCH3 is 1. The quantitative estimate of drug-likeness (QED) is 0.125. The van der Waals surface area contributed by atoms with Crippen LogP contribution in [0.1, 0.15) is 73.8 Å². The van der Waals surface area contributed by atoms with Gasteiger partial charge >= 0.3 is 0 Å². The first-order chi connectivity index (χ1) is 18.6. The molecule has 2 unspecified atom stereocenters.